The van der Waals surface area contributed by atoms with Gasteiger partial charge in [-0.1, -0.05) is 24.3 Å². The lowest BCUT2D eigenvalue weighted by atomic mass is 10.0. The van der Waals surface area contributed by atoms with Gasteiger partial charge in [0.2, 0.25) is 0 Å². The Hall–Kier alpha value is -3.01. The number of para-hydroxylation sites is 1. The van der Waals surface area contributed by atoms with Crippen molar-refractivity contribution in [3.8, 4) is 11.1 Å². The second-order valence-electron chi connectivity index (χ2n) is 7.52. The van der Waals surface area contributed by atoms with Crippen LogP contribution in [0.25, 0.3) is 32.9 Å². The lowest BCUT2D eigenvalue weighted by Gasteiger charge is -2.29. The van der Waals surface area contributed by atoms with Gasteiger partial charge in [0, 0.05) is 59.4 Å². The van der Waals surface area contributed by atoms with Crippen molar-refractivity contribution < 1.29 is 0 Å². The van der Waals surface area contributed by atoms with Gasteiger partial charge in [0.05, 0.1) is 5.52 Å². The Morgan fingerprint density at radius 1 is 0.926 bits per heavy atom. The highest BCUT2D eigenvalue weighted by Gasteiger charge is 2.15. The Labute approximate surface area is 159 Å². The molecule has 0 radical (unpaired) electrons. The fourth-order valence-corrected chi connectivity index (χ4v) is 4.29. The maximum absolute atomic E-state index is 6.41. The van der Waals surface area contributed by atoms with Gasteiger partial charge in [0.15, 0.2) is 0 Å². The molecule has 3 heterocycles. The smallest absolute Gasteiger partial charge is 0.132 e. The first-order valence-corrected chi connectivity index (χ1v) is 9.70. The van der Waals surface area contributed by atoms with Crippen LogP contribution in [0.1, 0.15) is 19.3 Å². The highest BCUT2D eigenvalue weighted by molar-refractivity contribution is 6.01. The molecule has 1 fully saturated rings. The van der Waals surface area contributed by atoms with Crippen LogP contribution in [0.15, 0.2) is 54.7 Å². The summed E-state index contributed by atoms with van der Waals surface area (Å²) in [5.74, 6) is 0.592. The van der Waals surface area contributed by atoms with Crippen LogP contribution in [0.4, 0.5) is 11.5 Å². The topological polar surface area (TPSA) is 47.1 Å². The van der Waals surface area contributed by atoms with Crippen molar-refractivity contribution in [2.24, 2.45) is 7.05 Å². The zero-order chi connectivity index (χ0) is 18.4. The molecule has 2 aromatic carbocycles. The molecule has 136 valence electrons. The summed E-state index contributed by atoms with van der Waals surface area (Å²) in [6, 6.07) is 17.2. The number of nitrogens with zero attached hydrogens (tertiary/aromatic N) is 3. The van der Waals surface area contributed by atoms with Crippen LogP contribution in [0.3, 0.4) is 0 Å². The van der Waals surface area contributed by atoms with E-state index in [0.717, 1.165) is 35.1 Å². The SMILES string of the molecule is Cn1cc(-c2cc3ccc(N4CCCCC4)cc3nc2N)c2ccccc21. The van der Waals surface area contributed by atoms with Gasteiger partial charge < -0.3 is 15.2 Å². The average molecular weight is 356 g/mol. The Morgan fingerprint density at radius 3 is 2.59 bits per heavy atom. The average Bonchev–Trinajstić information content (AvgIpc) is 3.04. The molecular weight excluding hydrogens is 332 g/mol. The van der Waals surface area contributed by atoms with Crippen LogP contribution in [0, 0.1) is 0 Å². The van der Waals surface area contributed by atoms with Gasteiger partial charge in [-0.3, -0.25) is 0 Å². The Kier molecular flexibility index (Phi) is 3.78. The zero-order valence-corrected chi connectivity index (χ0v) is 15.7. The van der Waals surface area contributed by atoms with Gasteiger partial charge >= 0.3 is 0 Å². The summed E-state index contributed by atoms with van der Waals surface area (Å²) in [6.45, 7) is 2.27. The molecule has 0 bridgehead atoms. The first-order valence-electron chi connectivity index (χ1n) is 9.70. The van der Waals surface area contributed by atoms with Gasteiger partial charge in [-0.15, -0.1) is 0 Å². The van der Waals surface area contributed by atoms with Gasteiger partial charge in [0.1, 0.15) is 5.82 Å². The van der Waals surface area contributed by atoms with Crippen molar-refractivity contribution in [3.63, 3.8) is 0 Å². The molecule has 2 aromatic heterocycles. The number of pyridine rings is 1. The van der Waals surface area contributed by atoms with Gasteiger partial charge in [0.25, 0.3) is 0 Å². The minimum absolute atomic E-state index is 0.592. The van der Waals surface area contributed by atoms with Crippen molar-refractivity contribution in [1.29, 1.82) is 0 Å². The summed E-state index contributed by atoms with van der Waals surface area (Å²) in [7, 11) is 2.07. The van der Waals surface area contributed by atoms with Crippen LogP contribution in [-0.4, -0.2) is 22.6 Å². The van der Waals surface area contributed by atoms with E-state index in [-0.39, 0.29) is 0 Å². The highest BCUT2D eigenvalue weighted by atomic mass is 15.1. The minimum atomic E-state index is 0.592. The van der Waals surface area contributed by atoms with E-state index in [2.05, 4.69) is 71.2 Å². The third-order valence-corrected chi connectivity index (χ3v) is 5.74. The molecule has 4 aromatic rings. The number of hydrogen-bond acceptors (Lipinski definition) is 3. The predicted octanol–water partition coefficient (Wildman–Crippen LogP) is 4.97. The molecule has 27 heavy (non-hydrogen) atoms. The fourth-order valence-electron chi connectivity index (χ4n) is 4.29. The monoisotopic (exact) mass is 356 g/mol. The second kappa shape index (κ2) is 6.31. The number of aryl methyl sites for hydroxylation is 1. The second-order valence-corrected chi connectivity index (χ2v) is 7.52. The van der Waals surface area contributed by atoms with Crippen LogP contribution in [0.5, 0.6) is 0 Å². The standard InChI is InChI=1S/C23H24N4/c1-26-15-20(18-7-3-4-8-22(18)26)19-13-16-9-10-17(14-21(16)25-23(19)24)27-11-5-2-6-12-27/h3-4,7-10,13-15H,2,5-6,11-12H2,1H3,(H2,24,25). The molecular formula is C23H24N4. The third kappa shape index (κ3) is 2.72. The Balaban J connectivity index is 1.62. The number of aromatic nitrogens is 2. The van der Waals surface area contributed by atoms with Crippen molar-refractivity contribution in [3.05, 3.63) is 54.7 Å². The van der Waals surface area contributed by atoms with Crippen molar-refractivity contribution >= 4 is 33.3 Å². The maximum Gasteiger partial charge on any atom is 0.132 e. The first-order chi connectivity index (χ1) is 13.2. The molecule has 1 aliphatic rings. The highest BCUT2D eigenvalue weighted by Crippen LogP contribution is 2.35. The quantitative estimate of drug-likeness (QED) is 0.552. The molecule has 0 aliphatic carbocycles. The summed E-state index contributed by atoms with van der Waals surface area (Å²) in [5, 5.41) is 2.34. The lowest BCUT2D eigenvalue weighted by molar-refractivity contribution is 0.578. The van der Waals surface area contributed by atoms with Crippen molar-refractivity contribution in [2.45, 2.75) is 19.3 Å². The number of benzene rings is 2. The molecule has 1 saturated heterocycles. The number of hydrogen-bond donors (Lipinski definition) is 1. The number of piperidine rings is 1. The van der Waals surface area contributed by atoms with Crippen LogP contribution < -0.4 is 10.6 Å². The summed E-state index contributed by atoms with van der Waals surface area (Å²) < 4.78 is 2.15. The van der Waals surface area contributed by atoms with E-state index < -0.39 is 0 Å². The van der Waals surface area contributed by atoms with E-state index in [0.29, 0.717) is 5.82 Å². The molecule has 4 nitrogen and oxygen atoms in total. The largest absolute Gasteiger partial charge is 0.383 e. The van der Waals surface area contributed by atoms with E-state index in [1.54, 1.807) is 0 Å². The van der Waals surface area contributed by atoms with E-state index >= 15 is 0 Å². The predicted molar refractivity (Wildman–Crippen MR) is 114 cm³/mol. The Bertz CT molecular complexity index is 1140. The van der Waals surface area contributed by atoms with Gasteiger partial charge in [-0.05, 0) is 43.5 Å². The molecule has 1 aliphatic heterocycles. The summed E-state index contributed by atoms with van der Waals surface area (Å²) >= 11 is 0. The van der Waals surface area contributed by atoms with Crippen molar-refractivity contribution in [1.82, 2.24) is 9.55 Å². The van der Waals surface area contributed by atoms with Crippen LogP contribution in [0.2, 0.25) is 0 Å². The maximum atomic E-state index is 6.41. The van der Waals surface area contributed by atoms with Crippen LogP contribution >= 0.6 is 0 Å². The summed E-state index contributed by atoms with van der Waals surface area (Å²) in [4.78, 5) is 7.22. The number of nitrogen functional groups attached to an aromatic ring is 1. The molecule has 2 N–H and O–H groups in total. The molecule has 4 heteroatoms. The number of fused-ring (bicyclic) bond motifs is 2. The van der Waals surface area contributed by atoms with Gasteiger partial charge in [-0.2, -0.15) is 0 Å². The summed E-state index contributed by atoms with van der Waals surface area (Å²) in [5.41, 5.74) is 12.0. The van der Waals surface area contributed by atoms with Crippen LogP contribution in [-0.2, 0) is 7.05 Å². The fraction of sp³-hybridized carbons (Fsp3) is 0.261. The van der Waals surface area contributed by atoms with E-state index in [1.165, 1.54) is 35.9 Å². The molecule has 5 rings (SSSR count). The van der Waals surface area contributed by atoms with Crippen molar-refractivity contribution in [2.75, 3.05) is 23.7 Å². The summed E-state index contributed by atoms with van der Waals surface area (Å²) in [6.07, 6.45) is 6.02. The third-order valence-electron chi connectivity index (χ3n) is 5.74. The lowest BCUT2D eigenvalue weighted by Crippen LogP contribution is -2.29. The van der Waals surface area contributed by atoms with E-state index in [9.17, 15) is 0 Å². The van der Waals surface area contributed by atoms with E-state index in [4.69, 9.17) is 10.7 Å². The molecule has 0 spiro atoms. The van der Waals surface area contributed by atoms with Gasteiger partial charge in [-0.25, -0.2) is 4.98 Å². The zero-order valence-electron chi connectivity index (χ0n) is 15.7. The minimum Gasteiger partial charge on any atom is -0.383 e. The molecule has 0 unspecified atom stereocenters. The Morgan fingerprint density at radius 2 is 1.74 bits per heavy atom. The first kappa shape index (κ1) is 16.2. The number of anilines is 2. The normalized spacial score (nSPS) is 14.9. The molecule has 0 atom stereocenters. The molecule has 0 saturated carbocycles. The number of rotatable bonds is 2. The molecule has 0 amide bonds. The van der Waals surface area contributed by atoms with E-state index in [1.807, 2.05) is 0 Å². The number of nitrogens with two attached hydrogens (primary N) is 1.